The van der Waals surface area contributed by atoms with E-state index in [0.717, 1.165) is 22.3 Å². The van der Waals surface area contributed by atoms with Gasteiger partial charge in [-0.1, -0.05) is 24.3 Å². The van der Waals surface area contributed by atoms with Crippen LogP contribution in [0.3, 0.4) is 0 Å². The molecule has 2 aromatic heterocycles. The van der Waals surface area contributed by atoms with Gasteiger partial charge in [-0.3, -0.25) is 0 Å². The Kier molecular flexibility index (Phi) is 4.86. The first-order chi connectivity index (χ1) is 11.6. The molecule has 0 aliphatic carbocycles. The summed E-state index contributed by atoms with van der Waals surface area (Å²) in [6.45, 7) is 5.34. The maximum atomic E-state index is 5.70. The molecule has 0 atom stereocenters. The summed E-state index contributed by atoms with van der Waals surface area (Å²) >= 11 is 0. The topological polar surface area (TPSA) is 86.0 Å². The summed E-state index contributed by atoms with van der Waals surface area (Å²) in [6, 6.07) is 11.9. The number of rotatable bonds is 6. The molecule has 6 nitrogen and oxygen atoms in total. The average Bonchev–Trinajstić information content (AvgIpc) is 2.58. The highest BCUT2D eigenvalue weighted by molar-refractivity contribution is 5.86. The molecule has 3 rings (SSSR count). The van der Waals surface area contributed by atoms with Crippen LogP contribution in [0, 0.1) is 0 Å². The van der Waals surface area contributed by atoms with Crippen molar-refractivity contribution in [1.82, 2.24) is 15.0 Å². The Labute approximate surface area is 141 Å². The summed E-state index contributed by atoms with van der Waals surface area (Å²) in [7, 11) is 0. The number of benzene rings is 1. The third kappa shape index (κ3) is 3.97. The molecule has 0 saturated carbocycles. The summed E-state index contributed by atoms with van der Waals surface area (Å²) in [5.41, 5.74) is 8.61. The average molecular weight is 323 g/mol. The van der Waals surface area contributed by atoms with E-state index < -0.39 is 0 Å². The number of pyridine rings is 1. The molecule has 2 heterocycles. The molecule has 1 aromatic carbocycles. The molecule has 6 heteroatoms. The van der Waals surface area contributed by atoms with Gasteiger partial charge in [0.2, 0.25) is 0 Å². The van der Waals surface area contributed by atoms with Gasteiger partial charge in [-0.05, 0) is 37.1 Å². The zero-order chi connectivity index (χ0) is 16.9. The quantitative estimate of drug-likeness (QED) is 0.725. The van der Waals surface area contributed by atoms with Crippen molar-refractivity contribution in [1.29, 1.82) is 0 Å². The lowest BCUT2D eigenvalue weighted by Crippen LogP contribution is -2.05. The van der Waals surface area contributed by atoms with Crippen LogP contribution in [0.5, 0.6) is 0 Å². The lowest BCUT2D eigenvalue weighted by molar-refractivity contribution is 0.0657. The lowest BCUT2D eigenvalue weighted by Gasteiger charge is -2.11. The highest BCUT2D eigenvalue weighted by Crippen LogP contribution is 2.19. The Bertz CT molecular complexity index is 835. The fraction of sp³-hybridized carbons (Fsp3) is 0.278. The molecule has 24 heavy (non-hydrogen) atoms. The van der Waals surface area contributed by atoms with Gasteiger partial charge >= 0.3 is 0 Å². The van der Waals surface area contributed by atoms with Crippen molar-refractivity contribution >= 4 is 22.7 Å². The van der Waals surface area contributed by atoms with Crippen LogP contribution in [-0.4, -0.2) is 21.1 Å². The number of hydrogen-bond acceptors (Lipinski definition) is 6. The van der Waals surface area contributed by atoms with Crippen molar-refractivity contribution in [2.45, 2.75) is 33.1 Å². The van der Waals surface area contributed by atoms with E-state index in [2.05, 4.69) is 38.5 Å². The van der Waals surface area contributed by atoms with Crippen LogP contribution < -0.4 is 11.1 Å². The minimum absolute atomic E-state index is 0.221. The molecule has 0 radical (unpaired) electrons. The van der Waals surface area contributed by atoms with Gasteiger partial charge in [0.05, 0.1) is 18.1 Å². The molecule has 0 fully saturated rings. The van der Waals surface area contributed by atoms with E-state index in [4.69, 9.17) is 10.5 Å². The smallest absolute Gasteiger partial charge is 0.166 e. The SMILES string of the molecule is CC(C)OCc1cccc(CNc2ncnc3nc(N)ccc23)c1. The van der Waals surface area contributed by atoms with Crippen LogP contribution in [0.2, 0.25) is 0 Å². The Morgan fingerprint density at radius 2 is 1.96 bits per heavy atom. The van der Waals surface area contributed by atoms with Gasteiger partial charge in [-0.15, -0.1) is 0 Å². The van der Waals surface area contributed by atoms with E-state index in [9.17, 15) is 0 Å². The van der Waals surface area contributed by atoms with Crippen LogP contribution in [-0.2, 0) is 17.9 Å². The van der Waals surface area contributed by atoms with E-state index in [0.29, 0.717) is 24.6 Å². The van der Waals surface area contributed by atoms with E-state index in [1.807, 2.05) is 26.0 Å². The number of ether oxygens (including phenoxy) is 1. The van der Waals surface area contributed by atoms with E-state index >= 15 is 0 Å². The predicted molar refractivity (Wildman–Crippen MR) is 95.4 cm³/mol. The van der Waals surface area contributed by atoms with Crippen molar-refractivity contribution in [3.63, 3.8) is 0 Å². The zero-order valence-electron chi connectivity index (χ0n) is 13.9. The number of nitrogens with zero attached hydrogens (tertiary/aromatic N) is 3. The predicted octanol–water partition coefficient (Wildman–Crippen LogP) is 3.14. The molecular weight excluding hydrogens is 302 g/mol. The van der Waals surface area contributed by atoms with Crippen molar-refractivity contribution in [2.24, 2.45) is 0 Å². The number of anilines is 2. The molecule has 0 aliphatic rings. The monoisotopic (exact) mass is 323 g/mol. The fourth-order valence-corrected chi connectivity index (χ4v) is 2.38. The van der Waals surface area contributed by atoms with Crippen LogP contribution in [0.1, 0.15) is 25.0 Å². The van der Waals surface area contributed by atoms with Gasteiger partial charge in [0, 0.05) is 6.54 Å². The summed E-state index contributed by atoms with van der Waals surface area (Å²) < 4.78 is 5.65. The maximum absolute atomic E-state index is 5.70. The highest BCUT2D eigenvalue weighted by Gasteiger charge is 2.05. The third-order valence-corrected chi connectivity index (χ3v) is 3.55. The number of nitrogens with one attached hydrogen (secondary N) is 1. The Balaban J connectivity index is 1.73. The number of aromatic nitrogens is 3. The second-order valence-electron chi connectivity index (χ2n) is 5.86. The Morgan fingerprint density at radius 3 is 2.79 bits per heavy atom. The van der Waals surface area contributed by atoms with Crippen LogP contribution in [0.4, 0.5) is 11.6 Å². The largest absolute Gasteiger partial charge is 0.384 e. The second kappa shape index (κ2) is 7.23. The number of nitrogens with two attached hydrogens (primary N) is 1. The number of nitrogen functional groups attached to an aromatic ring is 1. The molecule has 0 aliphatic heterocycles. The molecular formula is C18H21N5O. The van der Waals surface area contributed by atoms with Crippen LogP contribution >= 0.6 is 0 Å². The number of hydrogen-bond donors (Lipinski definition) is 2. The summed E-state index contributed by atoms with van der Waals surface area (Å²) in [5, 5.41) is 4.20. The highest BCUT2D eigenvalue weighted by atomic mass is 16.5. The standard InChI is InChI=1S/C18H21N5O/c1-12(2)24-10-14-5-3-4-13(8-14)9-20-17-15-6-7-16(19)23-18(15)22-11-21-17/h3-8,11-12H,9-10H2,1-2H3,(H3,19,20,21,22,23). The van der Waals surface area contributed by atoms with Gasteiger partial charge in [0.15, 0.2) is 5.65 Å². The molecule has 0 saturated heterocycles. The zero-order valence-corrected chi connectivity index (χ0v) is 13.9. The fourth-order valence-electron chi connectivity index (χ4n) is 2.38. The first-order valence-electron chi connectivity index (χ1n) is 7.92. The third-order valence-electron chi connectivity index (χ3n) is 3.55. The first-order valence-corrected chi connectivity index (χ1v) is 7.92. The van der Waals surface area contributed by atoms with Crippen molar-refractivity contribution in [3.8, 4) is 0 Å². The summed E-state index contributed by atoms with van der Waals surface area (Å²) in [6.07, 6.45) is 1.71. The second-order valence-corrected chi connectivity index (χ2v) is 5.86. The molecule has 3 aromatic rings. The van der Waals surface area contributed by atoms with Gasteiger partial charge in [0.1, 0.15) is 18.0 Å². The van der Waals surface area contributed by atoms with Gasteiger partial charge in [-0.2, -0.15) is 0 Å². The van der Waals surface area contributed by atoms with E-state index in [1.54, 1.807) is 6.07 Å². The summed E-state index contributed by atoms with van der Waals surface area (Å²) in [4.78, 5) is 12.7. The van der Waals surface area contributed by atoms with Gasteiger partial charge < -0.3 is 15.8 Å². The normalized spacial score (nSPS) is 11.1. The van der Waals surface area contributed by atoms with Crippen molar-refractivity contribution in [3.05, 3.63) is 53.9 Å². The summed E-state index contributed by atoms with van der Waals surface area (Å²) in [5.74, 6) is 1.20. The van der Waals surface area contributed by atoms with Gasteiger partial charge in [0.25, 0.3) is 0 Å². The molecule has 0 unspecified atom stereocenters. The maximum Gasteiger partial charge on any atom is 0.166 e. The van der Waals surface area contributed by atoms with Crippen molar-refractivity contribution < 1.29 is 4.74 Å². The van der Waals surface area contributed by atoms with Crippen LogP contribution in [0.25, 0.3) is 11.0 Å². The first kappa shape index (κ1) is 16.1. The minimum atomic E-state index is 0.221. The Morgan fingerprint density at radius 1 is 1.12 bits per heavy atom. The van der Waals surface area contributed by atoms with Crippen molar-refractivity contribution in [2.75, 3.05) is 11.1 Å². The molecule has 0 spiro atoms. The molecule has 124 valence electrons. The number of fused-ring (bicyclic) bond motifs is 1. The van der Waals surface area contributed by atoms with Gasteiger partial charge in [-0.25, -0.2) is 15.0 Å². The molecule has 3 N–H and O–H groups in total. The minimum Gasteiger partial charge on any atom is -0.384 e. The van der Waals surface area contributed by atoms with Crippen LogP contribution in [0.15, 0.2) is 42.7 Å². The van der Waals surface area contributed by atoms with E-state index in [1.165, 1.54) is 6.33 Å². The molecule has 0 amide bonds. The Hall–Kier alpha value is -2.73. The van der Waals surface area contributed by atoms with E-state index in [-0.39, 0.29) is 6.10 Å². The molecule has 0 bridgehead atoms. The lowest BCUT2D eigenvalue weighted by atomic mass is 10.1.